The number of nitro benzene ring substituents is 1. The average molecular weight is 248 g/mol. The van der Waals surface area contributed by atoms with E-state index in [1.54, 1.807) is 19.1 Å². The summed E-state index contributed by atoms with van der Waals surface area (Å²) in [5.74, 6) is 0. The standard InChI is InChI=1S/C14H20N2O2/c1-11-12(6-5-7-13(11)16(17)18)15-10-14(2)8-3-4-9-14/h5-7,15H,3-4,8-10H2,1-2H3. The molecule has 0 aliphatic heterocycles. The van der Waals surface area contributed by atoms with Gasteiger partial charge >= 0.3 is 0 Å². The fourth-order valence-electron chi connectivity index (χ4n) is 2.73. The summed E-state index contributed by atoms with van der Waals surface area (Å²) in [7, 11) is 0. The maximum absolute atomic E-state index is 10.9. The Morgan fingerprint density at radius 1 is 1.39 bits per heavy atom. The molecule has 1 aliphatic carbocycles. The topological polar surface area (TPSA) is 55.2 Å². The van der Waals surface area contributed by atoms with Gasteiger partial charge in [0.15, 0.2) is 0 Å². The van der Waals surface area contributed by atoms with Crippen LogP contribution in [-0.2, 0) is 0 Å². The summed E-state index contributed by atoms with van der Waals surface area (Å²) in [4.78, 5) is 10.6. The van der Waals surface area contributed by atoms with Crippen molar-refractivity contribution in [1.29, 1.82) is 0 Å². The van der Waals surface area contributed by atoms with Gasteiger partial charge in [0.25, 0.3) is 5.69 Å². The maximum Gasteiger partial charge on any atom is 0.274 e. The second kappa shape index (κ2) is 4.96. The highest BCUT2D eigenvalue weighted by Gasteiger charge is 2.28. The van der Waals surface area contributed by atoms with Gasteiger partial charge in [-0.05, 0) is 31.2 Å². The van der Waals surface area contributed by atoms with E-state index in [4.69, 9.17) is 0 Å². The summed E-state index contributed by atoms with van der Waals surface area (Å²) >= 11 is 0. The highest BCUT2D eigenvalue weighted by atomic mass is 16.6. The minimum absolute atomic E-state index is 0.191. The molecule has 4 heteroatoms. The lowest BCUT2D eigenvalue weighted by atomic mass is 9.89. The quantitative estimate of drug-likeness (QED) is 0.649. The Morgan fingerprint density at radius 3 is 2.67 bits per heavy atom. The Balaban J connectivity index is 2.10. The second-order valence-electron chi connectivity index (χ2n) is 5.58. The molecule has 18 heavy (non-hydrogen) atoms. The molecule has 1 aromatic rings. The van der Waals surface area contributed by atoms with E-state index in [1.165, 1.54) is 25.7 Å². The van der Waals surface area contributed by atoms with Gasteiger partial charge in [-0.2, -0.15) is 0 Å². The first-order valence-electron chi connectivity index (χ1n) is 6.50. The number of nitrogens with one attached hydrogen (secondary N) is 1. The van der Waals surface area contributed by atoms with Crippen LogP contribution in [0.5, 0.6) is 0 Å². The van der Waals surface area contributed by atoms with Crippen molar-refractivity contribution in [2.75, 3.05) is 11.9 Å². The first-order chi connectivity index (χ1) is 8.52. The van der Waals surface area contributed by atoms with E-state index < -0.39 is 0 Å². The molecule has 0 unspecified atom stereocenters. The molecule has 1 fully saturated rings. The first-order valence-corrected chi connectivity index (χ1v) is 6.50. The number of rotatable bonds is 4. The summed E-state index contributed by atoms with van der Waals surface area (Å²) in [6, 6.07) is 5.21. The molecule has 4 nitrogen and oxygen atoms in total. The third kappa shape index (κ3) is 2.63. The molecule has 2 rings (SSSR count). The van der Waals surface area contributed by atoms with Crippen LogP contribution in [0, 0.1) is 22.5 Å². The predicted molar refractivity (Wildman–Crippen MR) is 72.9 cm³/mol. The molecular weight excluding hydrogens is 228 g/mol. The van der Waals surface area contributed by atoms with E-state index in [2.05, 4.69) is 12.2 Å². The van der Waals surface area contributed by atoms with Crippen LogP contribution in [0.3, 0.4) is 0 Å². The van der Waals surface area contributed by atoms with Crippen LogP contribution in [-0.4, -0.2) is 11.5 Å². The molecule has 0 bridgehead atoms. The number of nitrogens with zero attached hydrogens (tertiary/aromatic N) is 1. The Hall–Kier alpha value is -1.58. The summed E-state index contributed by atoms with van der Waals surface area (Å²) in [6.07, 6.45) is 5.08. The van der Waals surface area contributed by atoms with Crippen molar-refractivity contribution in [3.05, 3.63) is 33.9 Å². The molecule has 0 amide bonds. The molecule has 1 aliphatic rings. The van der Waals surface area contributed by atoms with Crippen molar-refractivity contribution in [1.82, 2.24) is 0 Å². The summed E-state index contributed by atoms with van der Waals surface area (Å²) in [6.45, 7) is 4.99. The van der Waals surface area contributed by atoms with Gasteiger partial charge in [0.2, 0.25) is 0 Å². The van der Waals surface area contributed by atoms with Crippen molar-refractivity contribution in [3.63, 3.8) is 0 Å². The predicted octanol–water partition coefficient (Wildman–Crippen LogP) is 3.90. The Morgan fingerprint density at radius 2 is 2.06 bits per heavy atom. The third-order valence-corrected chi connectivity index (χ3v) is 4.02. The van der Waals surface area contributed by atoms with Gasteiger partial charge < -0.3 is 5.32 Å². The van der Waals surface area contributed by atoms with Crippen LogP contribution in [0.4, 0.5) is 11.4 Å². The molecule has 1 saturated carbocycles. The molecule has 1 N–H and O–H groups in total. The van der Waals surface area contributed by atoms with Crippen LogP contribution >= 0.6 is 0 Å². The van der Waals surface area contributed by atoms with Crippen molar-refractivity contribution in [2.45, 2.75) is 39.5 Å². The minimum Gasteiger partial charge on any atom is -0.384 e. The van der Waals surface area contributed by atoms with Gasteiger partial charge in [-0.15, -0.1) is 0 Å². The second-order valence-corrected chi connectivity index (χ2v) is 5.58. The van der Waals surface area contributed by atoms with Crippen LogP contribution < -0.4 is 5.32 Å². The smallest absolute Gasteiger partial charge is 0.274 e. The van der Waals surface area contributed by atoms with E-state index >= 15 is 0 Å². The number of hydrogen-bond donors (Lipinski definition) is 1. The van der Waals surface area contributed by atoms with E-state index in [1.807, 2.05) is 6.07 Å². The molecule has 98 valence electrons. The molecule has 0 spiro atoms. The largest absolute Gasteiger partial charge is 0.384 e. The fraction of sp³-hybridized carbons (Fsp3) is 0.571. The van der Waals surface area contributed by atoms with Crippen LogP contribution in [0.1, 0.15) is 38.2 Å². The lowest BCUT2D eigenvalue weighted by molar-refractivity contribution is -0.385. The van der Waals surface area contributed by atoms with Gasteiger partial charge in [0.05, 0.1) is 4.92 Å². The van der Waals surface area contributed by atoms with Gasteiger partial charge in [0.1, 0.15) is 0 Å². The zero-order valence-corrected chi connectivity index (χ0v) is 11.0. The summed E-state index contributed by atoms with van der Waals surface area (Å²) in [5.41, 5.74) is 2.15. The van der Waals surface area contributed by atoms with Gasteiger partial charge in [-0.25, -0.2) is 0 Å². The molecule has 1 aromatic carbocycles. The average Bonchev–Trinajstić information content (AvgIpc) is 2.75. The normalized spacial score (nSPS) is 17.7. The molecule has 0 heterocycles. The minimum atomic E-state index is -0.322. The molecular formula is C14H20N2O2. The Bertz CT molecular complexity index is 451. The number of anilines is 1. The fourth-order valence-corrected chi connectivity index (χ4v) is 2.73. The lowest BCUT2D eigenvalue weighted by Crippen LogP contribution is -2.23. The van der Waals surface area contributed by atoms with E-state index in [0.717, 1.165) is 17.8 Å². The highest BCUT2D eigenvalue weighted by molar-refractivity contribution is 5.59. The first kappa shape index (κ1) is 12.9. The Labute approximate surface area is 108 Å². The third-order valence-electron chi connectivity index (χ3n) is 4.02. The zero-order chi connectivity index (χ0) is 13.2. The van der Waals surface area contributed by atoms with Crippen molar-refractivity contribution in [2.24, 2.45) is 5.41 Å². The lowest BCUT2D eigenvalue weighted by Gasteiger charge is -2.24. The summed E-state index contributed by atoms with van der Waals surface area (Å²) < 4.78 is 0. The molecule has 0 saturated heterocycles. The van der Waals surface area contributed by atoms with Crippen molar-refractivity contribution >= 4 is 11.4 Å². The van der Waals surface area contributed by atoms with Gasteiger partial charge in [0, 0.05) is 23.9 Å². The van der Waals surface area contributed by atoms with Crippen molar-refractivity contribution < 1.29 is 4.92 Å². The maximum atomic E-state index is 10.9. The van der Waals surface area contributed by atoms with Crippen LogP contribution in [0.15, 0.2) is 18.2 Å². The molecule has 0 radical (unpaired) electrons. The van der Waals surface area contributed by atoms with Gasteiger partial charge in [-0.1, -0.05) is 25.8 Å². The number of hydrogen-bond acceptors (Lipinski definition) is 3. The molecule has 0 atom stereocenters. The summed E-state index contributed by atoms with van der Waals surface area (Å²) in [5, 5.41) is 14.3. The highest BCUT2D eigenvalue weighted by Crippen LogP contribution is 2.38. The van der Waals surface area contributed by atoms with E-state index in [-0.39, 0.29) is 10.6 Å². The number of benzene rings is 1. The number of nitro groups is 1. The Kier molecular flexibility index (Phi) is 3.55. The monoisotopic (exact) mass is 248 g/mol. The van der Waals surface area contributed by atoms with Crippen molar-refractivity contribution in [3.8, 4) is 0 Å². The molecule has 0 aromatic heterocycles. The van der Waals surface area contributed by atoms with Gasteiger partial charge in [-0.3, -0.25) is 10.1 Å². The van der Waals surface area contributed by atoms with Crippen LogP contribution in [0.25, 0.3) is 0 Å². The SMILES string of the molecule is Cc1c(NCC2(C)CCCC2)cccc1[N+](=O)[O-]. The zero-order valence-electron chi connectivity index (χ0n) is 11.0. The van der Waals surface area contributed by atoms with E-state index in [0.29, 0.717) is 5.41 Å². The van der Waals surface area contributed by atoms with E-state index in [9.17, 15) is 10.1 Å². The van der Waals surface area contributed by atoms with Crippen LogP contribution in [0.2, 0.25) is 0 Å².